The van der Waals surface area contributed by atoms with E-state index in [-0.39, 0.29) is 0 Å². The third-order valence-electron chi connectivity index (χ3n) is 2.95. The first-order valence-electron chi connectivity index (χ1n) is 5.20. The van der Waals surface area contributed by atoms with Gasteiger partial charge in [0.05, 0.1) is 0 Å². The summed E-state index contributed by atoms with van der Waals surface area (Å²) < 4.78 is 0. The summed E-state index contributed by atoms with van der Waals surface area (Å²) in [5.74, 6) is 0.974. The van der Waals surface area contributed by atoms with Crippen molar-refractivity contribution in [3.63, 3.8) is 0 Å². The fourth-order valence-electron chi connectivity index (χ4n) is 1.99. The molecule has 1 saturated carbocycles. The average molecular weight is 189 g/mol. The molecule has 2 heteroatoms. The first kappa shape index (κ1) is 9.38. The van der Waals surface area contributed by atoms with Gasteiger partial charge in [-0.3, -0.25) is 9.78 Å². The molecule has 1 aromatic heterocycles. The van der Waals surface area contributed by atoms with Gasteiger partial charge in [0.25, 0.3) is 0 Å². The number of hydrogen-bond acceptors (Lipinski definition) is 2. The molecule has 0 saturated heterocycles. The molecule has 1 aliphatic carbocycles. The summed E-state index contributed by atoms with van der Waals surface area (Å²) in [6, 6.07) is 4.19. The highest BCUT2D eigenvalue weighted by molar-refractivity contribution is 5.79. The van der Waals surface area contributed by atoms with Crippen molar-refractivity contribution >= 4 is 5.78 Å². The minimum atomic E-state index is 0.418. The third-order valence-corrected chi connectivity index (χ3v) is 2.95. The van der Waals surface area contributed by atoms with E-state index in [2.05, 4.69) is 11.1 Å². The Kier molecular flexibility index (Phi) is 2.62. The predicted molar refractivity (Wildman–Crippen MR) is 55.2 cm³/mol. The normalized spacial score (nSPS) is 18.5. The molecule has 1 heterocycles. The van der Waals surface area contributed by atoms with Gasteiger partial charge in [0.2, 0.25) is 0 Å². The molecule has 14 heavy (non-hydrogen) atoms. The van der Waals surface area contributed by atoms with Crippen molar-refractivity contribution in [3.05, 3.63) is 29.6 Å². The van der Waals surface area contributed by atoms with E-state index >= 15 is 0 Å². The molecule has 1 aromatic rings. The van der Waals surface area contributed by atoms with Crippen molar-refractivity contribution in [2.24, 2.45) is 0 Å². The van der Waals surface area contributed by atoms with Crippen LogP contribution < -0.4 is 0 Å². The maximum atomic E-state index is 11.1. The van der Waals surface area contributed by atoms with Crippen molar-refractivity contribution in [1.82, 2.24) is 4.98 Å². The van der Waals surface area contributed by atoms with Crippen LogP contribution in [-0.4, -0.2) is 10.8 Å². The Labute approximate surface area is 84.4 Å². The quantitative estimate of drug-likeness (QED) is 0.679. The molecule has 0 radical (unpaired) electrons. The minimum Gasteiger partial charge on any atom is -0.300 e. The topological polar surface area (TPSA) is 30.0 Å². The van der Waals surface area contributed by atoms with Gasteiger partial charge >= 0.3 is 0 Å². The Morgan fingerprint density at radius 3 is 2.57 bits per heavy atom. The number of nitrogens with zero attached hydrogens (tertiary/aromatic N) is 1. The summed E-state index contributed by atoms with van der Waals surface area (Å²) >= 11 is 0. The second kappa shape index (κ2) is 3.91. The Morgan fingerprint density at radius 2 is 2.00 bits per heavy atom. The van der Waals surface area contributed by atoms with Crippen molar-refractivity contribution < 1.29 is 4.79 Å². The lowest BCUT2D eigenvalue weighted by Gasteiger charge is -2.20. The molecular formula is C12H15NO. The van der Waals surface area contributed by atoms with E-state index in [1.165, 1.54) is 5.56 Å². The van der Waals surface area contributed by atoms with Gasteiger partial charge in [0.1, 0.15) is 5.78 Å². The Morgan fingerprint density at radius 1 is 1.29 bits per heavy atom. The van der Waals surface area contributed by atoms with Crippen LogP contribution in [-0.2, 0) is 4.79 Å². The highest BCUT2D eigenvalue weighted by Gasteiger charge is 2.19. The van der Waals surface area contributed by atoms with E-state index in [9.17, 15) is 4.79 Å². The molecule has 0 aromatic carbocycles. The first-order valence-corrected chi connectivity index (χ1v) is 5.20. The van der Waals surface area contributed by atoms with Crippen LogP contribution in [0.5, 0.6) is 0 Å². The van der Waals surface area contributed by atoms with Crippen LogP contribution in [0, 0.1) is 6.92 Å². The number of aryl methyl sites for hydroxylation is 1. The SMILES string of the molecule is Cc1ccc(C2CCC(=O)CC2)cn1. The molecule has 0 bridgehead atoms. The highest BCUT2D eigenvalue weighted by Crippen LogP contribution is 2.30. The number of pyridine rings is 1. The van der Waals surface area contributed by atoms with Crippen molar-refractivity contribution in [2.45, 2.75) is 38.5 Å². The lowest BCUT2D eigenvalue weighted by molar-refractivity contribution is -0.120. The van der Waals surface area contributed by atoms with E-state index in [4.69, 9.17) is 0 Å². The second-order valence-corrected chi connectivity index (χ2v) is 4.05. The average Bonchev–Trinajstić information content (AvgIpc) is 2.21. The maximum absolute atomic E-state index is 11.1. The van der Waals surface area contributed by atoms with Gasteiger partial charge in [0, 0.05) is 24.7 Å². The summed E-state index contributed by atoms with van der Waals surface area (Å²) in [4.78, 5) is 15.4. The molecule has 74 valence electrons. The number of carbonyl (C=O) groups excluding carboxylic acids is 1. The predicted octanol–water partition coefficient (Wildman–Crippen LogP) is 2.62. The number of hydrogen-bond donors (Lipinski definition) is 0. The number of ketones is 1. The van der Waals surface area contributed by atoms with Crippen LogP contribution in [0.3, 0.4) is 0 Å². The van der Waals surface area contributed by atoms with Crippen LogP contribution in [0.25, 0.3) is 0 Å². The molecule has 0 spiro atoms. The molecular weight excluding hydrogens is 174 g/mol. The maximum Gasteiger partial charge on any atom is 0.132 e. The smallest absolute Gasteiger partial charge is 0.132 e. The molecule has 2 nitrogen and oxygen atoms in total. The summed E-state index contributed by atoms with van der Waals surface area (Å²) in [5.41, 5.74) is 2.35. The molecule has 0 N–H and O–H groups in total. The first-order chi connectivity index (χ1) is 6.75. The van der Waals surface area contributed by atoms with E-state index in [1.807, 2.05) is 19.2 Å². The van der Waals surface area contributed by atoms with Crippen molar-refractivity contribution in [1.29, 1.82) is 0 Å². The summed E-state index contributed by atoms with van der Waals surface area (Å²) in [6.45, 7) is 1.99. The van der Waals surface area contributed by atoms with E-state index < -0.39 is 0 Å². The minimum absolute atomic E-state index is 0.418. The number of carbonyl (C=O) groups is 1. The monoisotopic (exact) mass is 189 g/mol. The number of aromatic nitrogens is 1. The van der Waals surface area contributed by atoms with Gasteiger partial charge in [-0.05, 0) is 37.3 Å². The number of Topliss-reactive ketones (excluding diaryl/α,β-unsaturated/α-hetero) is 1. The summed E-state index contributed by atoms with van der Waals surface area (Å²) in [7, 11) is 0. The molecule has 1 fully saturated rings. The fraction of sp³-hybridized carbons (Fsp3) is 0.500. The second-order valence-electron chi connectivity index (χ2n) is 4.05. The van der Waals surface area contributed by atoms with E-state index in [0.717, 1.165) is 31.4 Å². The fourth-order valence-corrected chi connectivity index (χ4v) is 1.99. The standard InChI is InChI=1S/C12H15NO/c1-9-2-3-11(8-13-9)10-4-6-12(14)7-5-10/h2-3,8,10H,4-7H2,1H3. The molecule has 0 aliphatic heterocycles. The van der Waals surface area contributed by atoms with Crippen molar-refractivity contribution in [2.75, 3.05) is 0 Å². The van der Waals surface area contributed by atoms with Gasteiger partial charge in [-0.25, -0.2) is 0 Å². The molecule has 0 amide bonds. The van der Waals surface area contributed by atoms with Crippen LogP contribution >= 0.6 is 0 Å². The van der Waals surface area contributed by atoms with Gasteiger partial charge in [0.15, 0.2) is 0 Å². The zero-order chi connectivity index (χ0) is 9.97. The van der Waals surface area contributed by atoms with Crippen LogP contribution in [0.4, 0.5) is 0 Å². The molecule has 1 aliphatic rings. The van der Waals surface area contributed by atoms with Crippen LogP contribution in [0.2, 0.25) is 0 Å². The Bertz CT molecular complexity index is 319. The highest BCUT2D eigenvalue weighted by atomic mass is 16.1. The molecule has 0 unspecified atom stereocenters. The third kappa shape index (κ3) is 2.00. The van der Waals surface area contributed by atoms with Crippen LogP contribution in [0.15, 0.2) is 18.3 Å². The van der Waals surface area contributed by atoms with E-state index in [1.54, 1.807) is 0 Å². The van der Waals surface area contributed by atoms with Gasteiger partial charge in [-0.2, -0.15) is 0 Å². The largest absolute Gasteiger partial charge is 0.300 e. The Balaban J connectivity index is 2.08. The van der Waals surface area contributed by atoms with Gasteiger partial charge in [-0.1, -0.05) is 6.07 Å². The van der Waals surface area contributed by atoms with Crippen molar-refractivity contribution in [3.8, 4) is 0 Å². The number of rotatable bonds is 1. The molecule has 0 atom stereocenters. The van der Waals surface area contributed by atoms with Crippen LogP contribution in [0.1, 0.15) is 42.9 Å². The summed E-state index contributed by atoms with van der Waals surface area (Å²) in [6.07, 6.45) is 5.46. The lowest BCUT2D eigenvalue weighted by atomic mass is 9.84. The zero-order valence-corrected chi connectivity index (χ0v) is 8.49. The Hall–Kier alpha value is -1.18. The van der Waals surface area contributed by atoms with Gasteiger partial charge < -0.3 is 0 Å². The van der Waals surface area contributed by atoms with Gasteiger partial charge in [-0.15, -0.1) is 0 Å². The molecule has 2 rings (SSSR count). The lowest BCUT2D eigenvalue weighted by Crippen LogP contribution is -2.12. The zero-order valence-electron chi connectivity index (χ0n) is 8.49. The van der Waals surface area contributed by atoms with E-state index in [0.29, 0.717) is 11.7 Å². The summed E-state index contributed by atoms with van der Waals surface area (Å²) in [5, 5.41) is 0.